The molecule has 1 aromatic heterocycles. The number of carbonyl (C=O) groups excluding carboxylic acids is 1. The molecule has 3 saturated heterocycles. The Kier molecular flexibility index (Phi) is 5.73. The Labute approximate surface area is 161 Å². The van der Waals surface area contributed by atoms with Gasteiger partial charge in [0.05, 0.1) is 31.9 Å². The third-order valence-electron chi connectivity index (χ3n) is 5.96. The zero-order chi connectivity index (χ0) is 18.7. The SMILES string of the molecule is CN1CCC(N2CCCOC3(CN(C(=O)c4cccnc4)CCO3)C2)CC1. The van der Waals surface area contributed by atoms with Crippen molar-refractivity contribution in [2.24, 2.45) is 0 Å². The number of pyridine rings is 1. The number of hydrogen-bond donors (Lipinski definition) is 0. The lowest BCUT2D eigenvalue weighted by atomic mass is 10.0. The fourth-order valence-electron chi connectivity index (χ4n) is 4.42. The van der Waals surface area contributed by atoms with Crippen molar-refractivity contribution >= 4 is 5.91 Å². The van der Waals surface area contributed by atoms with Crippen molar-refractivity contribution in [2.45, 2.75) is 31.1 Å². The van der Waals surface area contributed by atoms with Crippen LogP contribution >= 0.6 is 0 Å². The molecule has 0 saturated carbocycles. The molecule has 0 aromatic carbocycles. The van der Waals surface area contributed by atoms with E-state index >= 15 is 0 Å². The molecule has 0 bridgehead atoms. The highest BCUT2D eigenvalue weighted by molar-refractivity contribution is 5.94. The number of rotatable bonds is 2. The van der Waals surface area contributed by atoms with Gasteiger partial charge in [-0.3, -0.25) is 14.7 Å². The molecule has 1 unspecified atom stereocenters. The fourth-order valence-corrected chi connectivity index (χ4v) is 4.42. The molecule has 3 aliphatic rings. The van der Waals surface area contributed by atoms with Crippen molar-refractivity contribution in [3.8, 4) is 0 Å². The van der Waals surface area contributed by atoms with Crippen molar-refractivity contribution in [1.82, 2.24) is 19.7 Å². The molecule has 3 fully saturated rings. The first-order chi connectivity index (χ1) is 13.2. The van der Waals surface area contributed by atoms with Gasteiger partial charge in [-0.1, -0.05) is 0 Å². The van der Waals surface area contributed by atoms with E-state index in [0.717, 1.165) is 32.6 Å². The number of likely N-dealkylation sites (tertiary alicyclic amines) is 1. The Hall–Kier alpha value is -1.54. The van der Waals surface area contributed by atoms with Crippen LogP contribution in [0.5, 0.6) is 0 Å². The topological polar surface area (TPSA) is 58.1 Å². The zero-order valence-corrected chi connectivity index (χ0v) is 16.2. The number of carbonyl (C=O) groups is 1. The third-order valence-corrected chi connectivity index (χ3v) is 5.96. The van der Waals surface area contributed by atoms with E-state index in [9.17, 15) is 4.79 Å². The average molecular weight is 374 g/mol. The first-order valence-electron chi connectivity index (χ1n) is 10.1. The van der Waals surface area contributed by atoms with Gasteiger partial charge in [-0.05, 0) is 51.5 Å². The normalized spacial score (nSPS) is 29.0. The highest BCUT2D eigenvalue weighted by Crippen LogP contribution is 2.28. The number of hydrogen-bond acceptors (Lipinski definition) is 6. The van der Waals surface area contributed by atoms with Crippen LogP contribution in [0.25, 0.3) is 0 Å². The van der Waals surface area contributed by atoms with E-state index in [1.807, 2.05) is 11.0 Å². The van der Waals surface area contributed by atoms with Crippen LogP contribution in [0.1, 0.15) is 29.6 Å². The monoisotopic (exact) mass is 374 g/mol. The summed E-state index contributed by atoms with van der Waals surface area (Å²) in [5, 5.41) is 0. The second-order valence-corrected chi connectivity index (χ2v) is 7.93. The Balaban J connectivity index is 1.46. The third kappa shape index (κ3) is 4.32. The summed E-state index contributed by atoms with van der Waals surface area (Å²) >= 11 is 0. The second kappa shape index (κ2) is 8.22. The van der Waals surface area contributed by atoms with Gasteiger partial charge in [-0.25, -0.2) is 0 Å². The highest BCUT2D eigenvalue weighted by atomic mass is 16.7. The van der Waals surface area contributed by atoms with Crippen molar-refractivity contribution in [1.29, 1.82) is 0 Å². The molecule has 7 nitrogen and oxygen atoms in total. The highest BCUT2D eigenvalue weighted by Gasteiger charge is 2.43. The second-order valence-electron chi connectivity index (χ2n) is 7.93. The number of piperidine rings is 1. The van der Waals surface area contributed by atoms with Gasteiger partial charge < -0.3 is 19.3 Å². The maximum absolute atomic E-state index is 12.9. The number of ether oxygens (including phenoxy) is 2. The Morgan fingerprint density at radius 2 is 1.96 bits per heavy atom. The van der Waals surface area contributed by atoms with Crippen LogP contribution in [0.15, 0.2) is 24.5 Å². The van der Waals surface area contributed by atoms with Crippen molar-refractivity contribution in [3.63, 3.8) is 0 Å². The molecule has 0 radical (unpaired) electrons. The van der Waals surface area contributed by atoms with Crippen molar-refractivity contribution in [2.75, 3.05) is 59.5 Å². The summed E-state index contributed by atoms with van der Waals surface area (Å²) in [5.41, 5.74) is 0.621. The van der Waals surface area contributed by atoms with Gasteiger partial charge in [0.15, 0.2) is 5.79 Å². The molecule has 1 spiro atoms. The summed E-state index contributed by atoms with van der Waals surface area (Å²) < 4.78 is 12.4. The van der Waals surface area contributed by atoms with Gasteiger partial charge in [0.1, 0.15) is 0 Å². The summed E-state index contributed by atoms with van der Waals surface area (Å²) in [6, 6.07) is 4.19. The minimum atomic E-state index is -0.712. The summed E-state index contributed by atoms with van der Waals surface area (Å²) in [7, 11) is 2.19. The van der Waals surface area contributed by atoms with Crippen LogP contribution in [-0.2, 0) is 9.47 Å². The van der Waals surface area contributed by atoms with E-state index in [1.54, 1.807) is 18.5 Å². The quantitative estimate of drug-likeness (QED) is 0.772. The van der Waals surface area contributed by atoms with E-state index in [0.29, 0.717) is 37.9 Å². The molecule has 7 heteroatoms. The maximum Gasteiger partial charge on any atom is 0.255 e. The van der Waals surface area contributed by atoms with Crippen LogP contribution in [-0.4, -0.2) is 96.9 Å². The number of nitrogens with zero attached hydrogens (tertiary/aromatic N) is 4. The molecule has 1 amide bonds. The molecule has 3 aliphatic heterocycles. The molecule has 4 rings (SSSR count). The molecule has 0 aliphatic carbocycles. The average Bonchev–Trinajstić information content (AvgIpc) is 2.91. The lowest BCUT2D eigenvalue weighted by Gasteiger charge is -2.45. The Bertz CT molecular complexity index is 635. The van der Waals surface area contributed by atoms with E-state index in [2.05, 4.69) is 21.8 Å². The number of amides is 1. The van der Waals surface area contributed by atoms with E-state index in [-0.39, 0.29) is 5.91 Å². The first-order valence-corrected chi connectivity index (χ1v) is 10.1. The van der Waals surface area contributed by atoms with Crippen LogP contribution in [0.2, 0.25) is 0 Å². The molecule has 1 atom stereocenters. The lowest BCUT2D eigenvalue weighted by Crippen LogP contribution is -2.60. The maximum atomic E-state index is 12.9. The molecule has 148 valence electrons. The summed E-state index contributed by atoms with van der Waals surface area (Å²) in [5.74, 6) is -0.708. The summed E-state index contributed by atoms with van der Waals surface area (Å²) in [4.78, 5) is 23.8. The van der Waals surface area contributed by atoms with Gasteiger partial charge >= 0.3 is 0 Å². The first kappa shape index (κ1) is 18.8. The molecule has 1 aromatic rings. The molecular weight excluding hydrogens is 344 g/mol. The Morgan fingerprint density at radius 1 is 1.15 bits per heavy atom. The van der Waals surface area contributed by atoms with Gasteiger partial charge in [0.2, 0.25) is 0 Å². The molecule has 27 heavy (non-hydrogen) atoms. The van der Waals surface area contributed by atoms with E-state index < -0.39 is 5.79 Å². The molecule has 0 N–H and O–H groups in total. The summed E-state index contributed by atoms with van der Waals surface area (Å²) in [6.45, 7) is 6.31. The zero-order valence-electron chi connectivity index (χ0n) is 16.2. The minimum Gasteiger partial charge on any atom is -0.347 e. The van der Waals surface area contributed by atoms with Crippen molar-refractivity contribution < 1.29 is 14.3 Å². The molecule has 4 heterocycles. The van der Waals surface area contributed by atoms with Gasteiger partial charge in [-0.2, -0.15) is 0 Å². The largest absolute Gasteiger partial charge is 0.347 e. The fraction of sp³-hybridized carbons (Fsp3) is 0.700. The minimum absolute atomic E-state index is 0.00413. The molecular formula is C20H30N4O3. The Morgan fingerprint density at radius 3 is 2.74 bits per heavy atom. The number of morpholine rings is 1. The van der Waals surface area contributed by atoms with Crippen molar-refractivity contribution in [3.05, 3.63) is 30.1 Å². The van der Waals surface area contributed by atoms with Gasteiger partial charge in [0, 0.05) is 31.5 Å². The van der Waals surface area contributed by atoms with Gasteiger partial charge in [0.25, 0.3) is 5.91 Å². The van der Waals surface area contributed by atoms with Crippen LogP contribution in [0, 0.1) is 0 Å². The van der Waals surface area contributed by atoms with Crippen LogP contribution in [0.4, 0.5) is 0 Å². The summed E-state index contributed by atoms with van der Waals surface area (Å²) in [6.07, 6.45) is 6.69. The predicted molar refractivity (Wildman–Crippen MR) is 101 cm³/mol. The van der Waals surface area contributed by atoms with E-state index in [1.165, 1.54) is 12.8 Å². The van der Waals surface area contributed by atoms with Crippen LogP contribution < -0.4 is 0 Å². The van der Waals surface area contributed by atoms with E-state index in [4.69, 9.17) is 9.47 Å². The van der Waals surface area contributed by atoms with Gasteiger partial charge in [-0.15, -0.1) is 0 Å². The predicted octanol–water partition coefficient (Wildman–Crippen LogP) is 1.07. The smallest absolute Gasteiger partial charge is 0.255 e. The van der Waals surface area contributed by atoms with Crippen LogP contribution in [0.3, 0.4) is 0 Å². The standard InChI is InChI=1S/C20H30N4O3/c1-22-9-5-18(6-10-22)23-8-3-12-26-20(15-23)16-24(11-13-27-20)19(25)17-4-2-7-21-14-17/h2,4,7,14,18H,3,5-6,8-13,15-16H2,1H3. The number of aromatic nitrogens is 1. The lowest BCUT2D eigenvalue weighted by molar-refractivity contribution is -0.262.